The Morgan fingerprint density at radius 1 is 1.36 bits per heavy atom. The molecule has 2 fully saturated rings. The standard InChI is InChI=1S/C15H22N6O/c1-2-13(16-8-12-5-6-17-19-12)9-21(7-1)10-14-18-15(22-20-14)11-3-4-11/h5-6,11,13,16H,1-4,7-10H2,(H,17,19). The van der Waals surface area contributed by atoms with Crippen molar-refractivity contribution in [3.8, 4) is 0 Å². The second-order valence-electron chi connectivity index (χ2n) is 6.36. The number of rotatable bonds is 6. The molecule has 2 aromatic rings. The molecule has 0 amide bonds. The molecule has 1 unspecified atom stereocenters. The lowest BCUT2D eigenvalue weighted by Gasteiger charge is -2.32. The maximum atomic E-state index is 5.34. The van der Waals surface area contributed by atoms with Crippen LogP contribution in [0.25, 0.3) is 0 Å². The Bertz CT molecular complexity index is 591. The molecule has 0 bridgehead atoms. The fourth-order valence-electron chi connectivity index (χ4n) is 3.03. The zero-order valence-corrected chi connectivity index (χ0v) is 12.7. The first-order chi connectivity index (χ1) is 10.9. The van der Waals surface area contributed by atoms with Crippen LogP contribution in [0.1, 0.15) is 49.0 Å². The number of likely N-dealkylation sites (tertiary alicyclic amines) is 1. The van der Waals surface area contributed by atoms with Gasteiger partial charge in [-0.2, -0.15) is 10.1 Å². The van der Waals surface area contributed by atoms with Gasteiger partial charge in [0, 0.05) is 36.9 Å². The minimum Gasteiger partial charge on any atom is -0.339 e. The molecule has 1 saturated carbocycles. The number of H-pyrrole nitrogens is 1. The molecule has 7 heteroatoms. The van der Waals surface area contributed by atoms with E-state index in [4.69, 9.17) is 4.52 Å². The molecule has 1 saturated heterocycles. The van der Waals surface area contributed by atoms with E-state index in [9.17, 15) is 0 Å². The van der Waals surface area contributed by atoms with Crippen LogP contribution in [-0.4, -0.2) is 44.4 Å². The molecule has 1 aliphatic carbocycles. The quantitative estimate of drug-likeness (QED) is 0.840. The lowest BCUT2D eigenvalue weighted by Crippen LogP contribution is -2.45. The Morgan fingerprint density at radius 3 is 3.14 bits per heavy atom. The fourth-order valence-corrected chi connectivity index (χ4v) is 3.03. The molecular weight excluding hydrogens is 280 g/mol. The third-order valence-corrected chi connectivity index (χ3v) is 4.42. The van der Waals surface area contributed by atoms with E-state index in [2.05, 4.69) is 30.6 Å². The average molecular weight is 302 g/mol. The first-order valence-electron chi connectivity index (χ1n) is 8.13. The maximum absolute atomic E-state index is 5.34. The second kappa shape index (κ2) is 6.18. The van der Waals surface area contributed by atoms with Crippen molar-refractivity contribution >= 4 is 0 Å². The lowest BCUT2D eigenvalue weighted by atomic mass is 10.1. The number of nitrogens with zero attached hydrogens (tertiary/aromatic N) is 4. The van der Waals surface area contributed by atoms with Crippen LogP contribution in [0.4, 0.5) is 0 Å². The largest absolute Gasteiger partial charge is 0.339 e. The summed E-state index contributed by atoms with van der Waals surface area (Å²) in [6.45, 7) is 3.77. The smallest absolute Gasteiger partial charge is 0.229 e. The first-order valence-corrected chi connectivity index (χ1v) is 8.13. The molecule has 2 N–H and O–H groups in total. The fraction of sp³-hybridized carbons (Fsp3) is 0.667. The summed E-state index contributed by atoms with van der Waals surface area (Å²) >= 11 is 0. The highest BCUT2D eigenvalue weighted by atomic mass is 16.5. The van der Waals surface area contributed by atoms with Gasteiger partial charge >= 0.3 is 0 Å². The van der Waals surface area contributed by atoms with E-state index >= 15 is 0 Å². The zero-order chi connectivity index (χ0) is 14.8. The van der Waals surface area contributed by atoms with Crippen molar-refractivity contribution in [2.75, 3.05) is 13.1 Å². The highest BCUT2D eigenvalue weighted by Crippen LogP contribution is 2.38. The number of hydrogen-bond donors (Lipinski definition) is 2. The highest BCUT2D eigenvalue weighted by Gasteiger charge is 2.30. The highest BCUT2D eigenvalue weighted by molar-refractivity contribution is 5.02. The monoisotopic (exact) mass is 302 g/mol. The van der Waals surface area contributed by atoms with Gasteiger partial charge < -0.3 is 9.84 Å². The van der Waals surface area contributed by atoms with E-state index in [0.717, 1.165) is 43.6 Å². The Balaban J connectivity index is 1.28. The van der Waals surface area contributed by atoms with Gasteiger partial charge in [0.05, 0.1) is 6.54 Å². The van der Waals surface area contributed by atoms with E-state index < -0.39 is 0 Å². The van der Waals surface area contributed by atoms with Crippen LogP contribution in [0.3, 0.4) is 0 Å². The van der Waals surface area contributed by atoms with Gasteiger partial charge in [-0.25, -0.2) is 0 Å². The third-order valence-electron chi connectivity index (χ3n) is 4.42. The van der Waals surface area contributed by atoms with E-state index in [1.54, 1.807) is 6.20 Å². The second-order valence-corrected chi connectivity index (χ2v) is 6.36. The summed E-state index contributed by atoms with van der Waals surface area (Å²) in [6, 6.07) is 2.51. The molecule has 0 radical (unpaired) electrons. The van der Waals surface area contributed by atoms with Crippen molar-refractivity contribution in [2.45, 2.75) is 50.7 Å². The number of hydrogen-bond acceptors (Lipinski definition) is 6. The van der Waals surface area contributed by atoms with Crippen LogP contribution >= 0.6 is 0 Å². The van der Waals surface area contributed by atoms with Crippen molar-refractivity contribution in [2.24, 2.45) is 0 Å². The van der Waals surface area contributed by atoms with Crippen molar-refractivity contribution in [1.82, 2.24) is 30.6 Å². The van der Waals surface area contributed by atoms with Gasteiger partial charge in [0.1, 0.15) is 0 Å². The van der Waals surface area contributed by atoms with Gasteiger partial charge in [-0.15, -0.1) is 0 Å². The van der Waals surface area contributed by atoms with Crippen molar-refractivity contribution in [3.63, 3.8) is 0 Å². The Morgan fingerprint density at radius 2 is 2.32 bits per heavy atom. The summed E-state index contributed by atoms with van der Waals surface area (Å²) < 4.78 is 5.34. The number of aromatic amines is 1. The predicted octanol–water partition coefficient (Wildman–Crippen LogP) is 1.42. The normalized spacial score (nSPS) is 23.0. The molecule has 2 aromatic heterocycles. The van der Waals surface area contributed by atoms with Gasteiger partial charge in [0.2, 0.25) is 5.89 Å². The summed E-state index contributed by atoms with van der Waals surface area (Å²) in [5, 5.41) is 14.7. The average Bonchev–Trinajstić information content (AvgIpc) is 3.06. The summed E-state index contributed by atoms with van der Waals surface area (Å²) in [4.78, 5) is 6.94. The summed E-state index contributed by atoms with van der Waals surface area (Å²) in [7, 11) is 0. The molecule has 0 spiro atoms. The van der Waals surface area contributed by atoms with Crippen molar-refractivity contribution < 1.29 is 4.52 Å². The lowest BCUT2D eigenvalue weighted by molar-refractivity contribution is 0.177. The van der Waals surface area contributed by atoms with Crippen molar-refractivity contribution in [1.29, 1.82) is 0 Å². The molecule has 7 nitrogen and oxygen atoms in total. The number of nitrogens with one attached hydrogen (secondary N) is 2. The van der Waals surface area contributed by atoms with Gasteiger partial charge in [0.25, 0.3) is 0 Å². The van der Waals surface area contributed by atoms with Crippen LogP contribution in [0.5, 0.6) is 0 Å². The third kappa shape index (κ3) is 3.36. The zero-order valence-electron chi connectivity index (χ0n) is 12.7. The van der Waals surface area contributed by atoms with E-state index in [1.165, 1.54) is 25.7 Å². The van der Waals surface area contributed by atoms with E-state index in [-0.39, 0.29) is 0 Å². The van der Waals surface area contributed by atoms with Gasteiger partial charge in [-0.3, -0.25) is 10.00 Å². The topological polar surface area (TPSA) is 82.9 Å². The molecule has 0 aromatic carbocycles. The van der Waals surface area contributed by atoms with E-state index in [0.29, 0.717) is 12.0 Å². The molecule has 1 atom stereocenters. The minimum absolute atomic E-state index is 0.506. The molecule has 22 heavy (non-hydrogen) atoms. The van der Waals surface area contributed by atoms with Crippen LogP contribution < -0.4 is 5.32 Å². The van der Waals surface area contributed by atoms with Crippen LogP contribution in [-0.2, 0) is 13.1 Å². The van der Waals surface area contributed by atoms with Crippen LogP contribution in [0.2, 0.25) is 0 Å². The molecule has 3 heterocycles. The summed E-state index contributed by atoms with van der Waals surface area (Å²) in [5.41, 5.74) is 1.13. The van der Waals surface area contributed by atoms with Gasteiger partial charge in [0.15, 0.2) is 5.82 Å². The molecule has 1 aliphatic heterocycles. The first kappa shape index (κ1) is 13.9. The van der Waals surface area contributed by atoms with Gasteiger partial charge in [-0.1, -0.05) is 5.16 Å². The maximum Gasteiger partial charge on any atom is 0.229 e. The Labute approximate surface area is 129 Å². The summed E-state index contributed by atoms with van der Waals surface area (Å²) in [6.07, 6.45) is 6.60. The minimum atomic E-state index is 0.506. The van der Waals surface area contributed by atoms with E-state index in [1.807, 2.05) is 6.07 Å². The van der Waals surface area contributed by atoms with Crippen molar-refractivity contribution in [3.05, 3.63) is 29.7 Å². The predicted molar refractivity (Wildman–Crippen MR) is 80.0 cm³/mol. The molecular formula is C15H22N6O. The summed E-state index contributed by atoms with van der Waals surface area (Å²) in [5.74, 6) is 2.20. The molecule has 4 rings (SSSR count). The number of piperidine rings is 1. The number of aromatic nitrogens is 4. The Hall–Kier alpha value is -1.73. The SMILES string of the molecule is c1cc(CNC2CCCN(Cc3noc(C4CC4)n3)C2)[nH]n1. The van der Waals surface area contributed by atoms with Crippen LogP contribution in [0, 0.1) is 0 Å². The molecule has 118 valence electrons. The van der Waals surface area contributed by atoms with Gasteiger partial charge in [-0.05, 0) is 38.3 Å². The molecule has 2 aliphatic rings. The van der Waals surface area contributed by atoms with Crippen LogP contribution in [0.15, 0.2) is 16.8 Å². The Kier molecular flexibility index (Phi) is 3.90.